The van der Waals surface area contributed by atoms with Crippen molar-refractivity contribution in [1.29, 1.82) is 0 Å². The number of benzene rings is 1. The summed E-state index contributed by atoms with van der Waals surface area (Å²) >= 11 is 3.37. The van der Waals surface area contributed by atoms with Gasteiger partial charge in [0.2, 0.25) is 6.08 Å². The molecule has 1 atom stereocenters. The Morgan fingerprint density at radius 2 is 2.43 bits per heavy atom. The van der Waals surface area contributed by atoms with E-state index in [1.807, 2.05) is 18.2 Å². The van der Waals surface area contributed by atoms with Crippen molar-refractivity contribution in [1.82, 2.24) is 0 Å². The SMILES string of the molecule is O=C=NC1COc2cc(Br)ccc2C1. The Hall–Kier alpha value is -1.12. The number of nitrogens with zero attached hydrogens (tertiary/aromatic N) is 1. The summed E-state index contributed by atoms with van der Waals surface area (Å²) in [6, 6.07) is 5.78. The van der Waals surface area contributed by atoms with Crippen molar-refractivity contribution in [3.63, 3.8) is 0 Å². The first kappa shape index (κ1) is 9.44. The molecule has 0 amide bonds. The van der Waals surface area contributed by atoms with Gasteiger partial charge in [0.25, 0.3) is 0 Å². The third-order valence-electron chi connectivity index (χ3n) is 2.15. The average Bonchev–Trinajstić information content (AvgIpc) is 2.19. The number of fused-ring (bicyclic) bond motifs is 1. The van der Waals surface area contributed by atoms with Gasteiger partial charge in [-0.3, -0.25) is 0 Å². The number of ether oxygens (including phenoxy) is 1. The molecule has 1 aliphatic heterocycles. The molecule has 1 aromatic carbocycles. The number of hydrogen-bond donors (Lipinski definition) is 0. The maximum Gasteiger partial charge on any atom is 0.235 e. The monoisotopic (exact) mass is 253 g/mol. The summed E-state index contributed by atoms with van der Waals surface area (Å²) in [6.45, 7) is 0.457. The van der Waals surface area contributed by atoms with Crippen LogP contribution >= 0.6 is 15.9 Å². The molecule has 0 N–H and O–H groups in total. The average molecular weight is 254 g/mol. The molecule has 0 saturated carbocycles. The van der Waals surface area contributed by atoms with Gasteiger partial charge in [0.05, 0.1) is 0 Å². The Labute approximate surface area is 89.9 Å². The summed E-state index contributed by atoms with van der Waals surface area (Å²) in [6.07, 6.45) is 2.31. The van der Waals surface area contributed by atoms with Crippen molar-refractivity contribution < 1.29 is 9.53 Å². The smallest absolute Gasteiger partial charge is 0.235 e. The largest absolute Gasteiger partial charge is 0.491 e. The third kappa shape index (κ3) is 1.86. The molecule has 0 fully saturated rings. The van der Waals surface area contributed by atoms with Crippen LogP contribution < -0.4 is 4.74 Å². The predicted octanol–water partition coefficient (Wildman–Crippen LogP) is 2.09. The molecular weight excluding hydrogens is 246 g/mol. The Kier molecular flexibility index (Phi) is 2.66. The third-order valence-corrected chi connectivity index (χ3v) is 2.64. The van der Waals surface area contributed by atoms with Crippen LogP contribution in [0, 0.1) is 0 Å². The van der Waals surface area contributed by atoms with Crippen molar-refractivity contribution in [3.05, 3.63) is 28.2 Å². The second-order valence-corrected chi connectivity index (χ2v) is 4.06. The first-order valence-corrected chi connectivity index (χ1v) is 5.07. The summed E-state index contributed by atoms with van der Waals surface area (Å²) in [5, 5.41) is 0. The van der Waals surface area contributed by atoms with E-state index in [4.69, 9.17) is 4.74 Å². The van der Waals surface area contributed by atoms with Gasteiger partial charge in [-0.15, -0.1) is 0 Å². The van der Waals surface area contributed by atoms with Crippen molar-refractivity contribution in [2.75, 3.05) is 6.61 Å². The van der Waals surface area contributed by atoms with Crippen LogP contribution in [0.4, 0.5) is 0 Å². The highest BCUT2D eigenvalue weighted by atomic mass is 79.9. The molecular formula is C10H8BrNO2. The second-order valence-electron chi connectivity index (χ2n) is 3.14. The van der Waals surface area contributed by atoms with E-state index in [1.54, 1.807) is 6.08 Å². The van der Waals surface area contributed by atoms with E-state index in [2.05, 4.69) is 20.9 Å². The summed E-state index contributed by atoms with van der Waals surface area (Å²) < 4.78 is 6.46. The van der Waals surface area contributed by atoms with Gasteiger partial charge in [-0.2, -0.15) is 4.99 Å². The van der Waals surface area contributed by atoms with Gasteiger partial charge < -0.3 is 4.74 Å². The highest BCUT2D eigenvalue weighted by Crippen LogP contribution is 2.28. The number of aliphatic imine (C=N–C) groups is 1. The molecule has 72 valence electrons. The van der Waals surface area contributed by atoms with Gasteiger partial charge in [0.15, 0.2) is 0 Å². The quantitative estimate of drug-likeness (QED) is 0.568. The minimum atomic E-state index is -0.0822. The first-order chi connectivity index (χ1) is 6.79. The number of hydrogen-bond acceptors (Lipinski definition) is 3. The van der Waals surface area contributed by atoms with Crippen molar-refractivity contribution in [3.8, 4) is 5.75 Å². The van der Waals surface area contributed by atoms with Crippen LogP contribution in [-0.4, -0.2) is 18.7 Å². The molecule has 0 aliphatic carbocycles. The van der Waals surface area contributed by atoms with E-state index in [1.165, 1.54) is 0 Å². The van der Waals surface area contributed by atoms with E-state index in [0.29, 0.717) is 6.61 Å². The fraction of sp³-hybridized carbons (Fsp3) is 0.300. The molecule has 0 spiro atoms. The Morgan fingerprint density at radius 1 is 1.57 bits per heavy atom. The fourth-order valence-corrected chi connectivity index (χ4v) is 1.83. The van der Waals surface area contributed by atoms with Gasteiger partial charge in [-0.25, -0.2) is 4.79 Å². The minimum Gasteiger partial charge on any atom is -0.491 e. The van der Waals surface area contributed by atoms with Crippen LogP contribution in [0.1, 0.15) is 5.56 Å². The standard InChI is InChI=1S/C10H8BrNO2/c11-8-2-1-7-3-9(12-6-13)5-14-10(7)4-8/h1-2,4,9H,3,5H2. The lowest BCUT2D eigenvalue weighted by Gasteiger charge is -2.21. The van der Waals surface area contributed by atoms with Crippen LogP contribution in [0.2, 0.25) is 0 Å². The molecule has 1 aliphatic rings. The van der Waals surface area contributed by atoms with E-state index in [-0.39, 0.29) is 6.04 Å². The van der Waals surface area contributed by atoms with E-state index >= 15 is 0 Å². The number of isocyanates is 1. The molecule has 3 nitrogen and oxygen atoms in total. The van der Waals surface area contributed by atoms with Crippen LogP contribution in [0.25, 0.3) is 0 Å². The zero-order valence-corrected chi connectivity index (χ0v) is 8.95. The predicted molar refractivity (Wildman–Crippen MR) is 55.3 cm³/mol. The molecule has 14 heavy (non-hydrogen) atoms. The fourth-order valence-electron chi connectivity index (χ4n) is 1.49. The maximum atomic E-state index is 10.1. The Bertz CT molecular complexity index is 399. The molecule has 0 bridgehead atoms. The first-order valence-electron chi connectivity index (χ1n) is 4.28. The normalized spacial score (nSPS) is 19.1. The Balaban J connectivity index is 2.27. The highest BCUT2D eigenvalue weighted by Gasteiger charge is 2.18. The number of rotatable bonds is 1. The molecule has 1 aromatic rings. The summed E-state index contributed by atoms with van der Waals surface area (Å²) in [5.41, 5.74) is 1.09. The lowest BCUT2D eigenvalue weighted by molar-refractivity contribution is 0.264. The van der Waals surface area contributed by atoms with Crippen LogP contribution in [-0.2, 0) is 11.2 Å². The highest BCUT2D eigenvalue weighted by molar-refractivity contribution is 9.10. The zero-order chi connectivity index (χ0) is 9.97. The lowest BCUT2D eigenvalue weighted by atomic mass is 10.0. The topological polar surface area (TPSA) is 38.7 Å². The summed E-state index contributed by atoms with van der Waals surface area (Å²) in [4.78, 5) is 13.7. The number of halogens is 1. The van der Waals surface area contributed by atoms with Crippen molar-refractivity contribution >= 4 is 22.0 Å². The summed E-state index contributed by atoms with van der Waals surface area (Å²) in [7, 11) is 0. The van der Waals surface area contributed by atoms with Crippen LogP contribution in [0.3, 0.4) is 0 Å². The van der Waals surface area contributed by atoms with Crippen LogP contribution in [0.5, 0.6) is 5.75 Å². The second kappa shape index (κ2) is 3.95. The van der Waals surface area contributed by atoms with Crippen molar-refractivity contribution in [2.45, 2.75) is 12.5 Å². The van der Waals surface area contributed by atoms with E-state index in [0.717, 1.165) is 22.2 Å². The summed E-state index contributed by atoms with van der Waals surface area (Å²) in [5.74, 6) is 0.872. The Morgan fingerprint density at radius 3 is 3.21 bits per heavy atom. The zero-order valence-electron chi connectivity index (χ0n) is 7.37. The lowest BCUT2D eigenvalue weighted by Crippen LogP contribution is -2.24. The van der Waals surface area contributed by atoms with Crippen molar-refractivity contribution in [2.24, 2.45) is 4.99 Å². The minimum absolute atomic E-state index is 0.0822. The molecule has 0 radical (unpaired) electrons. The van der Waals surface area contributed by atoms with Gasteiger partial charge in [-0.1, -0.05) is 22.0 Å². The number of carbonyl (C=O) groups excluding carboxylic acids is 1. The van der Waals surface area contributed by atoms with E-state index < -0.39 is 0 Å². The van der Waals surface area contributed by atoms with E-state index in [9.17, 15) is 4.79 Å². The van der Waals surface area contributed by atoms with Gasteiger partial charge >= 0.3 is 0 Å². The molecule has 0 aromatic heterocycles. The molecule has 1 heterocycles. The maximum absolute atomic E-state index is 10.1. The van der Waals surface area contributed by atoms with Crippen LogP contribution in [0.15, 0.2) is 27.7 Å². The molecule has 0 saturated heterocycles. The van der Waals surface area contributed by atoms with Gasteiger partial charge in [0, 0.05) is 10.9 Å². The molecule has 2 rings (SSSR count). The molecule has 4 heteroatoms. The molecule has 1 unspecified atom stereocenters. The van der Waals surface area contributed by atoms with Gasteiger partial charge in [-0.05, 0) is 17.7 Å². The van der Waals surface area contributed by atoms with Gasteiger partial charge in [0.1, 0.15) is 18.4 Å².